The minimum absolute atomic E-state index is 0.334. The van der Waals surface area contributed by atoms with Crippen LogP contribution in [0, 0.1) is 5.41 Å². The summed E-state index contributed by atoms with van der Waals surface area (Å²) in [5.41, 5.74) is 1.50. The largest absolute Gasteiger partial charge is 0.493 e. The summed E-state index contributed by atoms with van der Waals surface area (Å²) in [6.07, 6.45) is 0. The minimum atomic E-state index is -1.53. The van der Waals surface area contributed by atoms with Crippen molar-refractivity contribution in [1.29, 1.82) is 0 Å². The summed E-state index contributed by atoms with van der Waals surface area (Å²) >= 11 is 0. The zero-order valence-corrected chi connectivity index (χ0v) is 16.8. The van der Waals surface area contributed by atoms with E-state index in [0.29, 0.717) is 12.0 Å². The summed E-state index contributed by atoms with van der Waals surface area (Å²) in [5.74, 6) is 1.64. The molecule has 0 aliphatic rings. The number of rotatable bonds is 6. The zero-order chi connectivity index (χ0) is 17.8. The first kappa shape index (κ1) is 18.6. The van der Waals surface area contributed by atoms with Gasteiger partial charge in [-0.2, -0.15) is 0 Å². The summed E-state index contributed by atoms with van der Waals surface area (Å²) in [6, 6.07) is 17.9. The van der Waals surface area contributed by atoms with E-state index in [1.54, 1.807) is 7.11 Å². The normalized spacial score (nSPS) is 12.1. The fourth-order valence-corrected chi connectivity index (χ4v) is 7.29. The summed E-state index contributed by atoms with van der Waals surface area (Å²) in [4.78, 5) is 0. The predicted molar refractivity (Wildman–Crippen MR) is 105 cm³/mol. The molecule has 2 nitrogen and oxygen atoms in total. The van der Waals surface area contributed by atoms with Crippen molar-refractivity contribution >= 4 is 13.3 Å². The van der Waals surface area contributed by atoms with E-state index in [1.165, 1.54) is 11.2 Å². The summed E-state index contributed by atoms with van der Waals surface area (Å²) in [6.45, 7) is 12.4. The van der Waals surface area contributed by atoms with Crippen molar-refractivity contribution in [3.05, 3.63) is 54.1 Å². The molecule has 0 bridgehead atoms. The maximum atomic E-state index is 6.08. The van der Waals surface area contributed by atoms with Crippen LogP contribution < -0.4 is 14.7 Å². The Morgan fingerprint density at radius 2 is 1.58 bits per heavy atom. The molecule has 0 radical (unpaired) electrons. The van der Waals surface area contributed by atoms with E-state index in [9.17, 15) is 0 Å². The highest BCUT2D eigenvalue weighted by Gasteiger charge is 2.30. The SMILES string of the molecule is COc1ccc([Si](C)(C)CC(C)(C)C)cc1OCc1ccccc1. The first-order valence-corrected chi connectivity index (χ1v) is 11.8. The molecule has 0 saturated carbocycles. The van der Waals surface area contributed by atoms with E-state index in [-0.39, 0.29) is 0 Å². The highest BCUT2D eigenvalue weighted by molar-refractivity contribution is 6.89. The molecule has 3 heteroatoms. The van der Waals surface area contributed by atoms with Crippen LogP contribution in [-0.4, -0.2) is 15.2 Å². The van der Waals surface area contributed by atoms with Crippen LogP contribution in [0.4, 0.5) is 0 Å². The van der Waals surface area contributed by atoms with Crippen molar-refractivity contribution in [3.63, 3.8) is 0 Å². The lowest BCUT2D eigenvalue weighted by Gasteiger charge is -2.31. The Labute approximate surface area is 147 Å². The van der Waals surface area contributed by atoms with Crippen LogP contribution in [0.1, 0.15) is 26.3 Å². The van der Waals surface area contributed by atoms with Gasteiger partial charge in [0.1, 0.15) is 6.61 Å². The van der Waals surface area contributed by atoms with Crippen LogP contribution in [0.3, 0.4) is 0 Å². The fraction of sp³-hybridized carbons (Fsp3) is 0.429. The summed E-state index contributed by atoms with van der Waals surface area (Å²) in [7, 11) is 0.171. The number of benzene rings is 2. The predicted octanol–water partition coefficient (Wildman–Crippen LogP) is 5.24. The molecule has 2 rings (SSSR count). The Hall–Kier alpha value is -1.74. The fourth-order valence-electron chi connectivity index (χ4n) is 3.37. The number of ether oxygens (including phenoxy) is 2. The maximum absolute atomic E-state index is 6.08. The van der Waals surface area contributed by atoms with Gasteiger partial charge in [-0.05, 0) is 29.2 Å². The molecule has 0 aromatic heterocycles. The Morgan fingerprint density at radius 3 is 2.17 bits per heavy atom. The molecule has 0 atom stereocenters. The molecular formula is C21H30O2Si. The van der Waals surface area contributed by atoms with Crippen molar-refractivity contribution in [1.82, 2.24) is 0 Å². The smallest absolute Gasteiger partial charge is 0.161 e. The molecule has 0 N–H and O–H groups in total. The number of hydrogen-bond acceptors (Lipinski definition) is 2. The van der Waals surface area contributed by atoms with Gasteiger partial charge in [0.05, 0.1) is 15.2 Å². The summed E-state index contributed by atoms with van der Waals surface area (Å²) < 4.78 is 11.6. The average Bonchev–Trinajstić information content (AvgIpc) is 2.51. The standard InChI is InChI=1S/C21H30O2Si/c1-21(2,3)16-24(5,6)18-12-13-19(22-4)20(14-18)23-15-17-10-8-7-9-11-17/h7-14H,15-16H2,1-6H3. The first-order chi connectivity index (χ1) is 11.2. The third-order valence-corrected chi connectivity index (χ3v) is 7.97. The molecule has 130 valence electrons. The first-order valence-electron chi connectivity index (χ1n) is 8.56. The van der Waals surface area contributed by atoms with Crippen LogP contribution in [0.15, 0.2) is 48.5 Å². The van der Waals surface area contributed by atoms with Crippen molar-refractivity contribution in [2.24, 2.45) is 5.41 Å². The second kappa shape index (κ2) is 7.43. The van der Waals surface area contributed by atoms with Crippen LogP contribution in [0.25, 0.3) is 0 Å². The summed E-state index contributed by atoms with van der Waals surface area (Å²) in [5, 5.41) is 1.42. The Balaban J connectivity index is 2.23. The molecule has 0 amide bonds. The van der Waals surface area contributed by atoms with Gasteiger partial charge in [0.2, 0.25) is 0 Å². The van der Waals surface area contributed by atoms with Crippen LogP contribution in [0.2, 0.25) is 19.1 Å². The van der Waals surface area contributed by atoms with Crippen molar-refractivity contribution < 1.29 is 9.47 Å². The van der Waals surface area contributed by atoms with Crippen molar-refractivity contribution in [2.75, 3.05) is 7.11 Å². The Morgan fingerprint density at radius 1 is 0.917 bits per heavy atom. The van der Waals surface area contributed by atoms with Gasteiger partial charge >= 0.3 is 0 Å². The van der Waals surface area contributed by atoms with E-state index in [0.717, 1.165) is 17.1 Å². The van der Waals surface area contributed by atoms with E-state index in [4.69, 9.17) is 9.47 Å². The lowest BCUT2D eigenvalue weighted by Crippen LogP contribution is -2.44. The molecule has 0 unspecified atom stereocenters. The highest BCUT2D eigenvalue weighted by atomic mass is 28.3. The second-order valence-corrected chi connectivity index (χ2v) is 13.0. The van der Waals surface area contributed by atoms with Gasteiger partial charge in [0.25, 0.3) is 0 Å². The van der Waals surface area contributed by atoms with E-state index >= 15 is 0 Å². The zero-order valence-electron chi connectivity index (χ0n) is 15.8. The van der Waals surface area contributed by atoms with Crippen molar-refractivity contribution in [3.8, 4) is 11.5 Å². The van der Waals surface area contributed by atoms with Gasteiger partial charge in [-0.1, -0.05) is 75.5 Å². The molecule has 0 aliphatic heterocycles. The average molecular weight is 343 g/mol. The molecule has 0 saturated heterocycles. The van der Waals surface area contributed by atoms with E-state index in [1.807, 2.05) is 24.3 Å². The molecule has 0 fully saturated rings. The monoisotopic (exact) mass is 342 g/mol. The van der Waals surface area contributed by atoms with Crippen LogP contribution >= 0.6 is 0 Å². The third kappa shape index (κ3) is 5.13. The van der Waals surface area contributed by atoms with Gasteiger partial charge in [-0.25, -0.2) is 0 Å². The van der Waals surface area contributed by atoms with Gasteiger partial charge in [-0.15, -0.1) is 0 Å². The van der Waals surface area contributed by atoms with Gasteiger partial charge in [0.15, 0.2) is 11.5 Å². The molecule has 0 aliphatic carbocycles. The molecule has 2 aromatic rings. The lowest BCUT2D eigenvalue weighted by atomic mass is 10.0. The van der Waals surface area contributed by atoms with Gasteiger partial charge in [0, 0.05) is 0 Å². The maximum Gasteiger partial charge on any atom is 0.161 e. The second-order valence-electron chi connectivity index (χ2n) is 8.26. The van der Waals surface area contributed by atoms with Crippen LogP contribution in [-0.2, 0) is 6.61 Å². The van der Waals surface area contributed by atoms with Gasteiger partial charge in [-0.3, -0.25) is 0 Å². The highest BCUT2D eigenvalue weighted by Crippen LogP contribution is 2.31. The molecule has 0 heterocycles. The quantitative estimate of drug-likeness (QED) is 0.669. The van der Waals surface area contributed by atoms with E-state index in [2.05, 4.69) is 58.1 Å². The molecular weight excluding hydrogens is 312 g/mol. The Bertz CT molecular complexity index is 657. The lowest BCUT2D eigenvalue weighted by molar-refractivity contribution is 0.285. The Kier molecular flexibility index (Phi) is 5.76. The molecule has 0 spiro atoms. The third-order valence-electron chi connectivity index (χ3n) is 4.15. The van der Waals surface area contributed by atoms with Crippen LogP contribution in [0.5, 0.6) is 11.5 Å². The van der Waals surface area contributed by atoms with Crippen molar-refractivity contribution in [2.45, 2.75) is 46.5 Å². The minimum Gasteiger partial charge on any atom is -0.493 e. The molecule has 2 aromatic carbocycles. The van der Waals surface area contributed by atoms with E-state index < -0.39 is 8.07 Å². The van der Waals surface area contributed by atoms with Gasteiger partial charge < -0.3 is 9.47 Å². The molecule has 24 heavy (non-hydrogen) atoms. The topological polar surface area (TPSA) is 18.5 Å². The number of methoxy groups -OCH3 is 1. The number of hydrogen-bond donors (Lipinski definition) is 0.